The molecule has 0 spiro atoms. The lowest BCUT2D eigenvalue weighted by molar-refractivity contribution is 0.00214. The van der Waals surface area contributed by atoms with E-state index in [1.165, 1.54) is 0 Å². The molecule has 1 aliphatic heterocycles. The van der Waals surface area contributed by atoms with Gasteiger partial charge in [0.15, 0.2) is 8.32 Å². The second kappa shape index (κ2) is 7.28. The first-order valence-corrected chi connectivity index (χ1v) is 12.7. The van der Waals surface area contributed by atoms with Gasteiger partial charge in [0.25, 0.3) is 0 Å². The minimum Gasteiger partial charge on any atom is -0.444 e. The van der Waals surface area contributed by atoms with Gasteiger partial charge >= 0.3 is 6.09 Å². The number of carbonyl (C=O) groups excluding carboxylic acids is 1. The molecule has 2 atom stereocenters. The maximum Gasteiger partial charge on any atom is 0.410 e. The fourth-order valence-corrected chi connectivity index (χ4v) is 3.87. The smallest absolute Gasteiger partial charge is 0.410 e. The van der Waals surface area contributed by atoms with Crippen LogP contribution in [0, 0.1) is 5.92 Å². The Kier molecular flexibility index (Phi) is 6.01. The van der Waals surface area contributed by atoms with E-state index in [-0.39, 0.29) is 23.7 Å². The summed E-state index contributed by atoms with van der Waals surface area (Å²) < 4.78 is 12.0. The Bertz CT molecular complexity index is 555. The van der Waals surface area contributed by atoms with E-state index in [1.54, 1.807) is 4.90 Å². The zero-order valence-electron chi connectivity index (χ0n) is 17.8. The first-order chi connectivity index (χ1) is 11.7. The first kappa shape index (κ1) is 21.4. The topological polar surface area (TPSA) is 59.0 Å². The van der Waals surface area contributed by atoms with Crippen molar-refractivity contribution in [3.8, 4) is 0 Å². The van der Waals surface area contributed by atoms with Gasteiger partial charge < -0.3 is 14.3 Å². The lowest BCUT2D eigenvalue weighted by Crippen LogP contribution is -2.53. The monoisotopic (exact) mass is 383 g/mol. The zero-order chi connectivity index (χ0) is 19.9. The summed E-state index contributed by atoms with van der Waals surface area (Å²) in [6.07, 6.45) is 3.34. The molecule has 1 heterocycles. The van der Waals surface area contributed by atoms with E-state index in [1.807, 2.05) is 20.8 Å². The standard InChI is InChI=1S/C20H37NO4Si/c1-19(2,3)25-18(23)21-12-17(22)16(14-9-10-14)11-15(21)13-24-26(7,8)20(4,5)6/h11,14-15,17,22H,9-10,12-13H2,1-8H3/t15-,17+/m0/s1. The predicted octanol–water partition coefficient (Wildman–Crippen LogP) is 4.32. The molecule has 2 rings (SSSR count). The number of carbonyl (C=O) groups is 1. The fourth-order valence-electron chi connectivity index (χ4n) is 2.85. The van der Waals surface area contributed by atoms with Crippen molar-refractivity contribution in [2.45, 2.75) is 90.3 Å². The number of aliphatic hydroxyl groups is 1. The normalized spacial score (nSPS) is 25.1. The van der Waals surface area contributed by atoms with Crippen LogP contribution in [0.25, 0.3) is 0 Å². The molecule has 1 amide bonds. The van der Waals surface area contributed by atoms with Crippen molar-refractivity contribution in [2.24, 2.45) is 5.92 Å². The predicted molar refractivity (Wildman–Crippen MR) is 107 cm³/mol. The molecule has 5 nitrogen and oxygen atoms in total. The maximum atomic E-state index is 12.7. The summed E-state index contributed by atoms with van der Waals surface area (Å²) >= 11 is 0. The number of hydrogen-bond acceptors (Lipinski definition) is 4. The van der Waals surface area contributed by atoms with Crippen molar-refractivity contribution in [3.05, 3.63) is 11.6 Å². The molecule has 0 saturated heterocycles. The van der Waals surface area contributed by atoms with Gasteiger partial charge in [0.05, 0.1) is 25.3 Å². The molecule has 0 aromatic heterocycles. The average Bonchev–Trinajstić information content (AvgIpc) is 3.27. The van der Waals surface area contributed by atoms with E-state index in [2.05, 4.69) is 39.9 Å². The molecule has 1 N–H and O–H groups in total. The Morgan fingerprint density at radius 1 is 1.23 bits per heavy atom. The summed E-state index contributed by atoms with van der Waals surface area (Å²) in [5.41, 5.74) is 0.515. The summed E-state index contributed by atoms with van der Waals surface area (Å²) in [4.78, 5) is 14.3. The summed E-state index contributed by atoms with van der Waals surface area (Å²) in [5, 5.41) is 10.6. The number of amides is 1. The summed E-state index contributed by atoms with van der Waals surface area (Å²) in [6.45, 7) is 17.4. The fraction of sp³-hybridized carbons (Fsp3) is 0.850. The van der Waals surface area contributed by atoms with Crippen LogP contribution in [-0.4, -0.2) is 55.3 Å². The molecule has 1 aliphatic carbocycles. The number of rotatable bonds is 4. The molecule has 0 aromatic carbocycles. The molecule has 2 aliphatic rings. The highest BCUT2D eigenvalue weighted by molar-refractivity contribution is 6.74. The van der Waals surface area contributed by atoms with Gasteiger partial charge in [0.1, 0.15) is 5.60 Å². The van der Waals surface area contributed by atoms with Crippen molar-refractivity contribution in [3.63, 3.8) is 0 Å². The largest absolute Gasteiger partial charge is 0.444 e. The molecule has 0 unspecified atom stereocenters. The van der Waals surface area contributed by atoms with Gasteiger partial charge in [-0.15, -0.1) is 0 Å². The number of aliphatic hydroxyl groups excluding tert-OH is 1. The van der Waals surface area contributed by atoms with Crippen LogP contribution >= 0.6 is 0 Å². The molecule has 6 heteroatoms. The highest BCUT2D eigenvalue weighted by Crippen LogP contribution is 2.41. The van der Waals surface area contributed by atoms with E-state index in [4.69, 9.17) is 9.16 Å². The van der Waals surface area contributed by atoms with Gasteiger partial charge in [-0.25, -0.2) is 4.79 Å². The van der Waals surface area contributed by atoms with Crippen molar-refractivity contribution >= 4 is 14.4 Å². The third-order valence-electron chi connectivity index (χ3n) is 5.64. The molecule has 1 saturated carbocycles. The van der Waals surface area contributed by atoms with Gasteiger partial charge in [0, 0.05) is 0 Å². The second-order valence-electron chi connectivity index (χ2n) is 10.2. The average molecular weight is 384 g/mol. The highest BCUT2D eigenvalue weighted by atomic mass is 28.4. The van der Waals surface area contributed by atoms with Gasteiger partial charge in [-0.05, 0) is 63.2 Å². The third-order valence-corrected chi connectivity index (χ3v) is 10.1. The van der Waals surface area contributed by atoms with Crippen LogP contribution in [-0.2, 0) is 9.16 Å². The van der Waals surface area contributed by atoms with Crippen LogP contribution in [0.3, 0.4) is 0 Å². The lowest BCUT2D eigenvalue weighted by atomic mass is 9.96. The van der Waals surface area contributed by atoms with Crippen molar-refractivity contribution in [1.82, 2.24) is 4.90 Å². The van der Waals surface area contributed by atoms with Crippen LogP contribution in [0.2, 0.25) is 18.1 Å². The SMILES string of the molecule is CC(C)(C)OC(=O)N1C[C@@H](O)C(C2CC2)=C[C@H]1CO[Si](C)(C)C(C)(C)C. The van der Waals surface area contributed by atoms with Gasteiger partial charge in [-0.3, -0.25) is 4.90 Å². The molecule has 1 fully saturated rings. The van der Waals surface area contributed by atoms with Crippen LogP contribution in [0.15, 0.2) is 11.6 Å². The minimum absolute atomic E-state index is 0.112. The Morgan fingerprint density at radius 3 is 2.27 bits per heavy atom. The summed E-state index contributed by atoms with van der Waals surface area (Å²) in [7, 11) is -1.92. The summed E-state index contributed by atoms with van der Waals surface area (Å²) in [5.74, 6) is 0.473. The number of nitrogens with zero attached hydrogens (tertiary/aromatic N) is 1. The van der Waals surface area contributed by atoms with Crippen molar-refractivity contribution < 1.29 is 19.1 Å². The Labute approximate surface area is 159 Å². The van der Waals surface area contributed by atoms with Gasteiger partial charge in [-0.2, -0.15) is 0 Å². The van der Waals surface area contributed by atoms with Crippen LogP contribution in [0.5, 0.6) is 0 Å². The van der Waals surface area contributed by atoms with E-state index in [0.29, 0.717) is 12.5 Å². The van der Waals surface area contributed by atoms with E-state index in [9.17, 15) is 9.90 Å². The highest BCUT2D eigenvalue weighted by Gasteiger charge is 2.42. The van der Waals surface area contributed by atoms with E-state index >= 15 is 0 Å². The van der Waals surface area contributed by atoms with E-state index in [0.717, 1.165) is 18.4 Å². The van der Waals surface area contributed by atoms with E-state index < -0.39 is 20.0 Å². The van der Waals surface area contributed by atoms with Gasteiger partial charge in [-0.1, -0.05) is 26.8 Å². The van der Waals surface area contributed by atoms with Gasteiger partial charge in [0.2, 0.25) is 0 Å². The molecule has 0 aromatic rings. The Morgan fingerprint density at radius 2 is 1.81 bits per heavy atom. The molecule has 0 radical (unpaired) electrons. The Hall–Kier alpha value is -0.853. The van der Waals surface area contributed by atoms with Crippen molar-refractivity contribution in [1.29, 1.82) is 0 Å². The molecule has 150 valence electrons. The number of hydrogen-bond donors (Lipinski definition) is 1. The van der Waals surface area contributed by atoms with Crippen molar-refractivity contribution in [2.75, 3.05) is 13.2 Å². The van der Waals surface area contributed by atoms with Crippen LogP contribution in [0.4, 0.5) is 4.79 Å². The maximum absolute atomic E-state index is 12.7. The molecule has 26 heavy (non-hydrogen) atoms. The number of β-amino-alcohol motifs (C(OH)–C–C–N with tert-alkyl or cyclic N) is 1. The molecule has 0 bridgehead atoms. The first-order valence-electron chi connectivity index (χ1n) is 9.74. The van der Waals surface area contributed by atoms with Crippen LogP contribution < -0.4 is 0 Å². The molecular weight excluding hydrogens is 346 g/mol. The lowest BCUT2D eigenvalue weighted by Gasteiger charge is -2.41. The third kappa shape index (κ3) is 5.33. The Balaban J connectivity index is 2.18. The quantitative estimate of drug-likeness (QED) is 0.580. The second-order valence-corrected chi connectivity index (χ2v) is 15.0. The molecular formula is C20H37NO4Si. The minimum atomic E-state index is -1.92. The number of ether oxygens (including phenoxy) is 1. The summed E-state index contributed by atoms with van der Waals surface area (Å²) in [6, 6.07) is -0.182. The van der Waals surface area contributed by atoms with Crippen LogP contribution in [0.1, 0.15) is 54.4 Å². The zero-order valence-corrected chi connectivity index (χ0v) is 18.8.